The van der Waals surface area contributed by atoms with Gasteiger partial charge in [0.25, 0.3) is 11.7 Å². The van der Waals surface area contributed by atoms with Crippen LogP contribution in [0.15, 0.2) is 30.5 Å². The number of halogens is 1. The minimum atomic E-state index is -0.488. The number of hydrogen-bond acceptors (Lipinski definition) is 5. The number of piperidine rings is 1. The van der Waals surface area contributed by atoms with Crippen LogP contribution >= 0.6 is 12.4 Å². The van der Waals surface area contributed by atoms with Crippen LogP contribution in [0.1, 0.15) is 55.1 Å². The Labute approximate surface area is 170 Å². The lowest BCUT2D eigenvalue weighted by Gasteiger charge is -2.22. The Kier molecular flexibility index (Phi) is 5.21. The first-order valence-electron chi connectivity index (χ1n) is 9.80. The Bertz CT molecular complexity index is 857. The van der Waals surface area contributed by atoms with E-state index in [1.807, 2.05) is 29.1 Å². The van der Waals surface area contributed by atoms with Gasteiger partial charge in [-0.15, -0.1) is 12.4 Å². The highest BCUT2D eigenvalue weighted by Gasteiger charge is 2.44. The van der Waals surface area contributed by atoms with Crippen molar-refractivity contribution in [1.82, 2.24) is 15.1 Å². The van der Waals surface area contributed by atoms with E-state index in [2.05, 4.69) is 15.7 Å². The van der Waals surface area contributed by atoms with E-state index in [0.29, 0.717) is 23.2 Å². The number of fused-ring (bicyclic) bond motifs is 1. The zero-order chi connectivity index (χ0) is 18.3. The summed E-state index contributed by atoms with van der Waals surface area (Å²) in [4.78, 5) is 12.6. The number of anilines is 1. The third-order valence-electron chi connectivity index (χ3n) is 5.64. The average molecular weight is 405 g/mol. The number of aromatic nitrogens is 2. The molecular formula is C20H25ClN4O3. The number of carbonyl (C=O) groups is 1. The van der Waals surface area contributed by atoms with Crippen molar-refractivity contribution in [2.75, 3.05) is 18.4 Å². The molecule has 1 atom stereocenters. The van der Waals surface area contributed by atoms with Gasteiger partial charge in [0.15, 0.2) is 17.2 Å². The first-order chi connectivity index (χ1) is 13.2. The van der Waals surface area contributed by atoms with E-state index in [0.717, 1.165) is 57.4 Å². The van der Waals surface area contributed by atoms with Crippen molar-refractivity contribution >= 4 is 24.0 Å². The summed E-state index contributed by atoms with van der Waals surface area (Å²) >= 11 is 0. The average Bonchev–Trinajstić information content (AvgIpc) is 3.42. The first kappa shape index (κ1) is 19.1. The van der Waals surface area contributed by atoms with Crippen LogP contribution in [-0.2, 0) is 0 Å². The van der Waals surface area contributed by atoms with E-state index >= 15 is 0 Å². The van der Waals surface area contributed by atoms with E-state index < -0.39 is 5.79 Å². The standard InChI is InChI=1S/C20H24N4O3.ClH/c25-19(16-7-11-24(23-16)15-4-3-10-21-13-15)22-14-5-6-17-18(12-14)27-20(26-17)8-1-2-9-20;/h5-7,11-12,15,21H,1-4,8-10,13H2,(H,22,25);1H. The van der Waals surface area contributed by atoms with Crippen molar-refractivity contribution in [1.29, 1.82) is 0 Å². The highest BCUT2D eigenvalue weighted by Crippen LogP contribution is 2.47. The van der Waals surface area contributed by atoms with Gasteiger partial charge in [-0.2, -0.15) is 5.10 Å². The molecule has 5 rings (SSSR count). The Balaban J connectivity index is 0.00000192. The third kappa shape index (κ3) is 3.56. The Morgan fingerprint density at radius 3 is 2.79 bits per heavy atom. The van der Waals surface area contributed by atoms with Gasteiger partial charge in [-0.1, -0.05) is 0 Å². The molecule has 28 heavy (non-hydrogen) atoms. The second-order valence-corrected chi connectivity index (χ2v) is 7.62. The van der Waals surface area contributed by atoms with Gasteiger partial charge in [-0.25, -0.2) is 0 Å². The van der Waals surface area contributed by atoms with Crippen molar-refractivity contribution in [2.45, 2.75) is 50.4 Å². The molecule has 7 nitrogen and oxygen atoms in total. The van der Waals surface area contributed by atoms with E-state index in [9.17, 15) is 4.79 Å². The molecule has 1 spiro atoms. The van der Waals surface area contributed by atoms with Crippen LogP contribution in [0.3, 0.4) is 0 Å². The number of hydrogen-bond donors (Lipinski definition) is 2. The summed E-state index contributed by atoms with van der Waals surface area (Å²) in [5.74, 6) is 0.752. The van der Waals surface area contributed by atoms with Gasteiger partial charge in [0.2, 0.25) is 0 Å². The van der Waals surface area contributed by atoms with Crippen molar-refractivity contribution in [3.8, 4) is 11.5 Å². The predicted molar refractivity (Wildman–Crippen MR) is 107 cm³/mol. The maximum atomic E-state index is 12.6. The molecule has 2 aromatic rings. The molecule has 1 aromatic carbocycles. The summed E-state index contributed by atoms with van der Waals surface area (Å²) in [5, 5.41) is 10.8. The smallest absolute Gasteiger partial charge is 0.276 e. The summed E-state index contributed by atoms with van der Waals surface area (Å²) < 4.78 is 14.0. The van der Waals surface area contributed by atoms with Crippen molar-refractivity contribution < 1.29 is 14.3 Å². The number of ether oxygens (including phenoxy) is 2. The molecule has 1 saturated carbocycles. The van der Waals surface area contributed by atoms with Gasteiger partial charge in [-0.05, 0) is 50.4 Å². The normalized spacial score (nSPS) is 22.1. The molecular weight excluding hydrogens is 380 g/mol. The van der Waals surface area contributed by atoms with Gasteiger partial charge in [0, 0.05) is 37.3 Å². The molecule has 3 aliphatic rings. The largest absolute Gasteiger partial charge is 0.448 e. The van der Waals surface area contributed by atoms with E-state index in [-0.39, 0.29) is 18.3 Å². The summed E-state index contributed by atoms with van der Waals surface area (Å²) in [6, 6.07) is 7.63. The molecule has 8 heteroatoms. The monoisotopic (exact) mass is 404 g/mol. The van der Waals surface area contributed by atoms with Crippen LogP contribution in [0.25, 0.3) is 0 Å². The lowest BCUT2D eigenvalue weighted by atomic mass is 10.1. The molecule has 1 saturated heterocycles. The molecule has 1 aliphatic carbocycles. The van der Waals surface area contributed by atoms with Crippen molar-refractivity contribution in [3.05, 3.63) is 36.2 Å². The predicted octanol–water partition coefficient (Wildman–Crippen LogP) is 3.52. The van der Waals surface area contributed by atoms with E-state index in [4.69, 9.17) is 9.47 Å². The number of carbonyl (C=O) groups excluding carboxylic acids is 1. The zero-order valence-corrected chi connectivity index (χ0v) is 16.5. The topological polar surface area (TPSA) is 77.4 Å². The maximum absolute atomic E-state index is 12.6. The highest BCUT2D eigenvalue weighted by molar-refractivity contribution is 6.02. The molecule has 1 unspecified atom stereocenters. The fourth-order valence-corrected chi connectivity index (χ4v) is 4.21. The second kappa shape index (κ2) is 7.64. The van der Waals surface area contributed by atoms with Crippen LogP contribution < -0.4 is 20.1 Å². The molecule has 2 aliphatic heterocycles. The van der Waals surface area contributed by atoms with Crippen LogP contribution in [0, 0.1) is 0 Å². The van der Waals surface area contributed by atoms with Crippen molar-refractivity contribution in [2.24, 2.45) is 0 Å². The summed E-state index contributed by atoms with van der Waals surface area (Å²) in [5.41, 5.74) is 1.11. The number of nitrogens with zero attached hydrogens (tertiary/aromatic N) is 2. The van der Waals surface area contributed by atoms with Gasteiger partial charge in [0.05, 0.1) is 6.04 Å². The maximum Gasteiger partial charge on any atom is 0.276 e. The molecule has 2 fully saturated rings. The van der Waals surface area contributed by atoms with Gasteiger partial charge < -0.3 is 20.1 Å². The summed E-state index contributed by atoms with van der Waals surface area (Å²) in [6.45, 7) is 1.95. The number of benzene rings is 1. The molecule has 150 valence electrons. The number of rotatable bonds is 3. The van der Waals surface area contributed by atoms with Crippen molar-refractivity contribution in [3.63, 3.8) is 0 Å². The molecule has 2 N–H and O–H groups in total. The van der Waals surface area contributed by atoms with Gasteiger partial charge in [-0.3, -0.25) is 9.48 Å². The number of nitrogens with one attached hydrogen (secondary N) is 2. The minimum Gasteiger partial charge on any atom is -0.448 e. The fourth-order valence-electron chi connectivity index (χ4n) is 4.21. The van der Waals surface area contributed by atoms with Crippen LogP contribution in [0.4, 0.5) is 5.69 Å². The second-order valence-electron chi connectivity index (χ2n) is 7.62. The minimum absolute atomic E-state index is 0. The highest BCUT2D eigenvalue weighted by atomic mass is 35.5. The van der Waals surface area contributed by atoms with Crippen LogP contribution in [0.5, 0.6) is 11.5 Å². The van der Waals surface area contributed by atoms with Gasteiger partial charge in [0.1, 0.15) is 0 Å². The molecule has 0 bridgehead atoms. The molecule has 0 radical (unpaired) electrons. The molecule has 1 aromatic heterocycles. The molecule has 3 heterocycles. The summed E-state index contributed by atoms with van der Waals surface area (Å²) in [7, 11) is 0. The Morgan fingerprint density at radius 1 is 1.18 bits per heavy atom. The zero-order valence-electron chi connectivity index (χ0n) is 15.6. The number of amides is 1. The first-order valence-corrected chi connectivity index (χ1v) is 9.80. The van der Waals surface area contributed by atoms with E-state index in [1.165, 1.54) is 0 Å². The lowest BCUT2D eigenvalue weighted by Crippen LogP contribution is -2.34. The van der Waals surface area contributed by atoms with Gasteiger partial charge >= 0.3 is 0 Å². The Morgan fingerprint density at radius 2 is 2.00 bits per heavy atom. The molecule has 1 amide bonds. The fraction of sp³-hybridized carbons (Fsp3) is 0.500. The van der Waals surface area contributed by atoms with E-state index in [1.54, 1.807) is 6.07 Å². The SMILES string of the molecule is Cl.O=C(Nc1ccc2c(c1)OC1(CCCC1)O2)c1ccn(C2CCCNC2)n1. The summed E-state index contributed by atoms with van der Waals surface area (Å²) in [6.07, 6.45) is 8.17. The van der Waals surface area contributed by atoms with Crippen LogP contribution in [-0.4, -0.2) is 34.6 Å². The lowest BCUT2D eigenvalue weighted by molar-refractivity contribution is -0.0716. The van der Waals surface area contributed by atoms with Crippen LogP contribution in [0.2, 0.25) is 0 Å². The third-order valence-corrected chi connectivity index (χ3v) is 5.64. The quantitative estimate of drug-likeness (QED) is 0.818. The Hall–Kier alpha value is -2.25.